The zero-order valence-corrected chi connectivity index (χ0v) is 50.2. The minimum atomic E-state index is -2.21. The van der Waals surface area contributed by atoms with Crippen LogP contribution in [-0.4, -0.2) is 388 Å². The second kappa shape index (κ2) is 32.7. The number of imidazole rings is 2. The lowest BCUT2D eigenvalue weighted by Gasteiger charge is -2.50. The first-order chi connectivity index (χ1) is 45.6. The Hall–Kier alpha value is -3.76. The third-order valence-corrected chi connectivity index (χ3v) is 17.6. The van der Waals surface area contributed by atoms with Crippen molar-refractivity contribution in [1.29, 1.82) is 0 Å². The maximum absolute atomic E-state index is 11.3. The number of hydrogen-bond donors (Lipinski definition) is 21. The van der Waals surface area contributed by atoms with Crippen LogP contribution >= 0.6 is 0 Å². The number of aromatic nitrogens is 4. The summed E-state index contributed by atoms with van der Waals surface area (Å²) in [4.78, 5) is 8.10. The van der Waals surface area contributed by atoms with E-state index in [-0.39, 0.29) is 0 Å². The van der Waals surface area contributed by atoms with Gasteiger partial charge in [0.25, 0.3) is 0 Å². The molecule has 538 valence electrons. The van der Waals surface area contributed by atoms with Gasteiger partial charge in [0.1, 0.15) is 171 Å². The molecule has 0 radical (unpaired) electrons. The Balaban J connectivity index is 0.000000466. The van der Waals surface area contributed by atoms with Gasteiger partial charge in [-0.15, -0.1) is 0 Å². The van der Waals surface area contributed by atoms with Gasteiger partial charge < -0.3 is 183 Å². The smallest absolute Gasteiger partial charge is 0.187 e. The third-order valence-electron chi connectivity index (χ3n) is 17.6. The molecule has 21 aliphatic heterocycles. The largest absolute Gasteiger partial charge is 0.394 e. The van der Waals surface area contributed by atoms with E-state index in [0.29, 0.717) is 0 Å². The molecule has 0 amide bonds. The van der Waals surface area contributed by atoms with Crippen molar-refractivity contribution >= 4 is 0 Å². The molecule has 21 fully saturated rings. The van der Waals surface area contributed by atoms with Crippen molar-refractivity contribution in [2.45, 2.75) is 228 Å². The highest BCUT2D eigenvalue weighted by molar-refractivity contribution is 5.24. The number of benzene rings is 1. The summed E-state index contributed by atoms with van der Waals surface area (Å²) in [5.74, 6) is 0. The van der Waals surface area contributed by atoms with E-state index >= 15 is 0 Å². The van der Waals surface area contributed by atoms with E-state index in [1.54, 1.807) is 12.4 Å². The van der Waals surface area contributed by atoms with Crippen LogP contribution < -0.4 is 0 Å². The summed E-state index contributed by atoms with van der Waals surface area (Å²) in [6, 6.07) is 8.59. The molecule has 39 nitrogen and oxygen atoms in total. The monoisotopic (exact) mass is 1370 g/mol. The number of ether oxygens (including phenoxy) is 14. The van der Waals surface area contributed by atoms with E-state index < -0.39 is 261 Å². The van der Waals surface area contributed by atoms with Crippen LogP contribution in [0.4, 0.5) is 0 Å². The first-order valence-electron chi connectivity index (χ1n) is 30.5. The van der Waals surface area contributed by atoms with Crippen LogP contribution in [0.3, 0.4) is 0 Å². The minimum absolute atomic E-state index is 0.859. The molecule has 2 aromatic heterocycles. The van der Waals surface area contributed by atoms with E-state index in [9.17, 15) is 107 Å². The maximum atomic E-state index is 11.3. The fourth-order valence-electron chi connectivity index (χ4n) is 12.4. The molecule has 95 heavy (non-hydrogen) atoms. The summed E-state index contributed by atoms with van der Waals surface area (Å²) in [5.41, 5.74) is 2.57. The van der Waals surface area contributed by atoms with E-state index in [1.165, 1.54) is 11.1 Å². The molecule has 0 aliphatic carbocycles. The number of aliphatic hydroxyl groups excluding tert-OH is 21. The summed E-state index contributed by atoms with van der Waals surface area (Å²) >= 11 is 0. The minimum Gasteiger partial charge on any atom is -0.394 e. The number of nitrogens with zero attached hydrogens (tertiary/aromatic N) is 4. The van der Waals surface area contributed by atoms with Crippen molar-refractivity contribution in [1.82, 2.24) is 19.1 Å². The first-order valence-corrected chi connectivity index (χ1v) is 30.5. The molecule has 0 saturated carbocycles. The molecule has 23 heterocycles. The van der Waals surface area contributed by atoms with Gasteiger partial charge in [-0.2, -0.15) is 0 Å². The molecule has 0 unspecified atom stereocenters. The molecular formula is C56H84N4O35. The predicted molar refractivity (Wildman–Crippen MR) is 298 cm³/mol. The fraction of sp³-hybridized carbons (Fsp3) is 0.786. The molecule has 14 bridgehead atoms. The molecule has 21 N–H and O–H groups in total. The summed E-state index contributed by atoms with van der Waals surface area (Å²) in [6.07, 6.45) is -59.0. The van der Waals surface area contributed by atoms with Gasteiger partial charge in [-0.1, -0.05) is 24.3 Å². The third kappa shape index (κ3) is 15.9. The molecule has 35 atom stereocenters. The molecule has 3 aromatic rings. The predicted octanol–water partition coefficient (Wildman–Crippen LogP) is -13.1. The van der Waals surface area contributed by atoms with Crippen molar-refractivity contribution in [2.75, 3.05) is 46.2 Å². The lowest BCUT2D eigenvalue weighted by atomic mass is 9.95. The van der Waals surface area contributed by atoms with Gasteiger partial charge in [0, 0.05) is 37.9 Å². The van der Waals surface area contributed by atoms with Crippen molar-refractivity contribution in [2.24, 2.45) is 0 Å². The van der Waals surface area contributed by atoms with Crippen LogP contribution in [0.15, 0.2) is 61.7 Å². The van der Waals surface area contributed by atoms with Crippen molar-refractivity contribution in [3.63, 3.8) is 0 Å². The van der Waals surface area contributed by atoms with Crippen LogP contribution in [0.25, 0.3) is 0 Å². The average molecular weight is 1370 g/mol. The Bertz CT molecular complexity index is 2360. The van der Waals surface area contributed by atoms with Gasteiger partial charge in [-0.3, -0.25) is 0 Å². The van der Waals surface area contributed by atoms with Crippen molar-refractivity contribution in [3.8, 4) is 0 Å². The fourth-order valence-corrected chi connectivity index (χ4v) is 12.4. The Morgan fingerprint density at radius 1 is 0.274 bits per heavy atom. The molecule has 21 saturated heterocycles. The molecule has 39 heteroatoms. The average Bonchev–Trinajstić information content (AvgIpc) is 0.979. The highest BCUT2D eigenvalue weighted by atomic mass is 16.8. The van der Waals surface area contributed by atoms with Gasteiger partial charge in [-0.05, 0) is 11.1 Å². The van der Waals surface area contributed by atoms with Crippen LogP contribution in [0, 0.1) is 0 Å². The summed E-state index contributed by atoms with van der Waals surface area (Å²) < 4.78 is 83.6. The number of rotatable bonds is 11. The van der Waals surface area contributed by atoms with Crippen molar-refractivity contribution < 1.29 is 174 Å². The highest BCUT2D eigenvalue weighted by Crippen LogP contribution is 2.39. The Morgan fingerprint density at radius 3 is 0.621 bits per heavy atom. The molecule has 0 spiro atoms. The Kier molecular flexibility index (Phi) is 25.5. The first kappa shape index (κ1) is 73.9. The van der Waals surface area contributed by atoms with E-state index in [1.807, 2.05) is 25.0 Å². The van der Waals surface area contributed by atoms with Crippen LogP contribution in [0.5, 0.6) is 0 Å². The van der Waals surface area contributed by atoms with E-state index in [2.05, 4.69) is 43.4 Å². The van der Waals surface area contributed by atoms with Gasteiger partial charge in [0.05, 0.1) is 58.9 Å². The van der Waals surface area contributed by atoms with E-state index in [4.69, 9.17) is 66.3 Å². The van der Waals surface area contributed by atoms with Gasteiger partial charge in [0.2, 0.25) is 0 Å². The second-order valence-electron chi connectivity index (χ2n) is 23.9. The maximum Gasteiger partial charge on any atom is 0.187 e. The zero-order valence-electron chi connectivity index (χ0n) is 50.2. The van der Waals surface area contributed by atoms with Crippen molar-refractivity contribution in [3.05, 3.63) is 72.8 Å². The number of hydrogen-bond acceptors (Lipinski definition) is 37. The molecule has 24 rings (SSSR count). The summed E-state index contributed by atoms with van der Waals surface area (Å²) in [7, 11) is 0. The van der Waals surface area contributed by atoms with Gasteiger partial charge in [0.15, 0.2) is 44.0 Å². The Labute approximate surface area is 538 Å². The van der Waals surface area contributed by atoms with Gasteiger partial charge >= 0.3 is 0 Å². The van der Waals surface area contributed by atoms with Crippen LogP contribution in [0.2, 0.25) is 0 Å². The highest BCUT2D eigenvalue weighted by Gasteiger charge is 2.59. The SMILES string of the molecule is OC[C@H]1O[C@@H]2O[C@H]3[C@H](O)[C@@H](O)[C@@H](O[C@H]4[C@H](O)[C@@H](O)[C@@H](O[C@H]5[C@H](O)[C@@H](O)[C@@H](O[C@H]6[C@H](O)[C@@H](O)[C@@H](O[C@H]7[C@@H](O)[C@H](O)[C@@H](O[C@H]8[C@@H](O)[C@H](O)[C@@H](O[C@H]1[C@H](O)[C@H]2O)O[C@@H]8CO)O[C@@H]7CO)O[C@@H]6CO)O[C@@H]5CO)O[C@@H]4CO)O[C@@H]3CO.c1cc(Cn2ccnc2)cc(Cn2ccnc2)c1. The molecule has 21 aliphatic rings. The van der Waals surface area contributed by atoms with Gasteiger partial charge in [-0.25, -0.2) is 9.97 Å². The summed E-state index contributed by atoms with van der Waals surface area (Å²) in [5, 5.41) is 230. The normalized spacial score (nSPS) is 46.9. The standard InChI is InChI=1S/C42H70O35.C14H14N4/c43-1-8-29-15(50)22(57)36(64-8)72-30-9(2-44)66-38(24(59)17(30)52)74-32-11(4-46)68-40(26(61)19(32)54)76-34-13(6-48)70-42(28(63)21(34)56)77-35-14(7-49)69-41(27(62)20(35)55)75-33-12(5-47)67-39(25(60)18(33)53)73-31-10(3-45)65-37(71-29)23(58)16(31)51;1-2-13(9-17-6-4-15-11-17)8-14(3-1)10-18-7-5-16-12-18/h8-63H,1-7H2;1-8,11-12H,9-10H2/t8-,9-,10-,11-,12-,13-,14-,15-,16-,17-,18-,19-,20+,21+,22-,23-,24-,25-,26-,27+,28+,29-,30-,31-,32-,33-,34-,35-,36-,37-,38-,39-,40-,41-,42-;/m1./s1. The molecular weight excluding hydrogens is 1290 g/mol. The lowest BCUT2D eigenvalue weighted by molar-refractivity contribution is -0.396. The van der Waals surface area contributed by atoms with E-state index in [0.717, 1.165) is 13.1 Å². The summed E-state index contributed by atoms with van der Waals surface area (Å²) in [6.45, 7) is -5.61. The Morgan fingerprint density at radius 2 is 0.463 bits per heavy atom. The van der Waals surface area contributed by atoms with Crippen LogP contribution in [-0.2, 0) is 79.4 Å². The topological polar surface area (TPSA) is 590 Å². The lowest BCUT2D eigenvalue weighted by Crippen LogP contribution is -2.68. The quantitative estimate of drug-likeness (QED) is 0.0848. The van der Waals surface area contributed by atoms with Crippen LogP contribution in [0.1, 0.15) is 11.1 Å². The molecule has 1 aromatic carbocycles. The number of aliphatic hydroxyl groups is 21. The zero-order chi connectivity index (χ0) is 68.3. The second-order valence-corrected chi connectivity index (χ2v) is 23.9.